The quantitative estimate of drug-likeness (QED) is 0.597. The molecule has 0 saturated carbocycles. The molecule has 0 aliphatic heterocycles. The third kappa shape index (κ3) is 4.46. The van der Waals surface area contributed by atoms with Crippen molar-refractivity contribution in [3.8, 4) is 11.3 Å². The fourth-order valence-corrected chi connectivity index (χ4v) is 3.22. The number of nitrogens with zero attached hydrogens (tertiary/aromatic N) is 1. The number of nitrogens with one attached hydrogen (secondary N) is 2. The van der Waals surface area contributed by atoms with E-state index in [-0.39, 0.29) is 5.91 Å². The van der Waals surface area contributed by atoms with Gasteiger partial charge in [-0.3, -0.25) is 4.79 Å². The molecule has 1 aromatic carbocycles. The summed E-state index contributed by atoms with van der Waals surface area (Å²) in [4.78, 5) is 16.8. The Bertz CT molecular complexity index is 643. The van der Waals surface area contributed by atoms with Gasteiger partial charge in [0, 0.05) is 36.4 Å². The molecular formula is C15H19N3O2S2. The molecule has 2 aromatic rings. The van der Waals surface area contributed by atoms with E-state index in [1.165, 1.54) is 6.92 Å². The summed E-state index contributed by atoms with van der Waals surface area (Å²) in [7, 11) is 1.68. The maximum absolute atomic E-state index is 11.2. The largest absolute Gasteiger partial charge is 0.383 e. The summed E-state index contributed by atoms with van der Waals surface area (Å²) in [6.07, 6.45) is 1.99. The lowest BCUT2D eigenvalue weighted by atomic mass is 10.1. The average Bonchev–Trinajstić information content (AvgIpc) is 2.96. The molecule has 0 saturated heterocycles. The first-order valence-corrected chi connectivity index (χ1v) is 8.89. The number of hydrogen-bond acceptors (Lipinski definition) is 6. The number of benzene rings is 1. The average molecular weight is 337 g/mol. The minimum absolute atomic E-state index is 0.0682. The van der Waals surface area contributed by atoms with Gasteiger partial charge >= 0.3 is 0 Å². The highest BCUT2D eigenvalue weighted by Gasteiger charge is 2.09. The topological polar surface area (TPSA) is 63.2 Å². The van der Waals surface area contributed by atoms with Crippen molar-refractivity contribution in [1.29, 1.82) is 0 Å². The second-order valence-electron chi connectivity index (χ2n) is 4.55. The van der Waals surface area contributed by atoms with Gasteiger partial charge in [0.05, 0.1) is 18.0 Å². The van der Waals surface area contributed by atoms with E-state index in [1.54, 1.807) is 30.2 Å². The molecule has 0 spiro atoms. The number of carbonyl (C=O) groups excluding carboxylic acids is 1. The van der Waals surface area contributed by atoms with Gasteiger partial charge in [-0.05, 0) is 18.4 Å². The summed E-state index contributed by atoms with van der Waals surface area (Å²) in [6.45, 7) is 2.90. The first-order valence-electron chi connectivity index (χ1n) is 6.78. The van der Waals surface area contributed by atoms with Crippen LogP contribution in [-0.4, -0.2) is 37.4 Å². The number of aromatic nitrogens is 1. The fraction of sp³-hybridized carbons (Fsp3) is 0.333. The number of hydrogen-bond donors (Lipinski definition) is 2. The van der Waals surface area contributed by atoms with E-state index in [2.05, 4.69) is 15.6 Å². The molecule has 2 rings (SSSR count). The number of carbonyl (C=O) groups is 1. The van der Waals surface area contributed by atoms with Crippen molar-refractivity contribution in [2.45, 2.75) is 11.8 Å². The number of ether oxygens (including phenoxy) is 1. The van der Waals surface area contributed by atoms with Crippen molar-refractivity contribution in [1.82, 2.24) is 4.98 Å². The van der Waals surface area contributed by atoms with Crippen LogP contribution in [0.2, 0.25) is 0 Å². The van der Waals surface area contributed by atoms with Crippen LogP contribution in [0.3, 0.4) is 0 Å². The monoisotopic (exact) mass is 337 g/mol. The lowest BCUT2D eigenvalue weighted by Gasteiger charge is -2.09. The predicted octanol–water partition coefficient (Wildman–Crippen LogP) is 3.55. The summed E-state index contributed by atoms with van der Waals surface area (Å²) in [5, 5.41) is 8.96. The minimum atomic E-state index is -0.0682. The zero-order valence-corrected chi connectivity index (χ0v) is 14.4. The first kappa shape index (κ1) is 16.8. The molecule has 0 atom stereocenters. The first-order chi connectivity index (χ1) is 10.6. The van der Waals surface area contributed by atoms with Crippen LogP contribution in [-0.2, 0) is 9.53 Å². The fourth-order valence-electron chi connectivity index (χ4n) is 1.89. The van der Waals surface area contributed by atoms with Gasteiger partial charge in [-0.2, -0.15) is 0 Å². The summed E-state index contributed by atoms with van der Waals surface area (Å²) < 4.78 is 5.01. The predicted molar refractivity (Wildman–Crippen MR) is 94.0 cm³/mol. The van der Waals surface area contributed by atoms with Crippen molar-refractivity contribution in [3.63, 3.8) is 0 Å². The van der Waals surface area contributed by atoms with Crippen LogP contribution in [0.15, 0.2) is 28.5 Å². The van der Waals surface area contributed by atoms with E-state index in [1.807, 2.05) is 29.8 Å². The molecule has 1 heterocycles. The van der Waals surface area contributed by atoms with Gasteiger partial charge in [0.1, 0.15) is 0 Å². The molecule has 22 heavy (non-hydrogen) atoms. The summed E-state index contributed by atoms with van der Waals surface area (Å²) in [5.74, 6) is -0.0682. The maximum atomic E-state index is 11.2. The number of rotatable bonds is 7. The van der Waals surface area contributed by atoms with E-state index in [4.69, 9.17) is 4.74 Å². The van der Waals surface area contributed by atoms with Gasteiger partial charge in [0.15, 0.2) is 5.13 Å². The summed E-state index contributed by atoms with van der Waals surface area (Å²) in [5.41, 5.74) is 2.79. The maximum Gasteiger partial charge on any atom is 0.221 e. The minimum Gasteiger partial charge on any atom is -0.383 e. The van der Waals surface area contributed by atoms with Crippen LogP contribution in [0.4, 0.5) is 10.8 Å². The van der Waals surface area contributed by atoms with Gasteiger partial charge in [-0.1, -0.05) is 6.07 Å². The number of anilines is 2. The SMILES string of the molecule is COCCNc1nc(-c2ccc(NC(C)=O)c(SC)c2)cs1. The lowest BCUT2D eigenvalue weighted by Crippen LogP contribution is -2.07. The van der Waals surface area contributed by atoms with Gasteiger partial charge in [-0.15, -0.1) is 23.1 Å². The van der Waals surface area contributed by atoms with Crippen LogP contribution >= 0.6 is 23.1 Å². The molecule has 0 aliphatic carbocycles. The number of thioether (sulfide) groups is 1. The number of methoxy groups -OCH3 is 1. The van der Waals surface area contributed by atoms with Gasteiger partial charge in [0.25, 0.3) is 0 Å². The molecule has 0 unspecified atom stereocenters. The van der Waals surface area contributed by atoms with E-state index >= 15 is 0 Å². The normalized spacial score (nSPS) is 10.5. The highest BCUT2D eigenvalue weighted by atomic mass is 32.2. The molecule has 5 nitrogen and oxygen atoms in total. The van der Waals surface area contributed by atoms with Gasteiger partial charge < -0.3 is 15.4 Å². The number of amides is 1. The van der Waals surface area contributed by atoms with E-state index in [0.717, 1.165) is 33.5 Å². The smallest absolute Gasteiger partial charge is 0.221 e. The summed E-state index contributed by atoms with van der Waals surface area (Å²) >= 11 is 3.17. The molecule has 0 bridgehead atoms. The third-order valence-corrected chi connectivity index (χ3v) is 4.47. The Morgan fingerprint density at radius 1 is 1.45 bits per heavy atom. The standard InChI is InChI=1S/C15H19N3O2S2/c1-10(19)17-12-5-4-11(8-14(12)21-3)13-9-22-15(18-13)16-6-7-20-2/h4-5,8-9H,6-7H2,1-3H3,(H,16,18)(H,17,19). The van der Waals surface area contributed by atoms with Crippen LogP contribution < -0.4 is 10.6 Å². The second kappa shape index (κ2) is 8.17. The molecule has 118 valence electrons. The van der Waals surface area contributed by atoms with E-state index < -0.39 is 0 Å². The van der Waals surface area contributed by atoms with Crippen molar-refractivity contribution >= 4 is 39.8 Å². The van der Waals surface area contributed by atoms with Gasteiger partial charge in [-0.25, -0.2) is 4.98 Å². The molecule has 0 radical (unpaired) electrons. The Labute approximate surface area is 138 Å². The number of thiazole rings is 1. The molecule has 0 aliphatic rings. The van der Waals surface area contributed by atoms with Crippen molar-refractivity contribution in [2.24, 2.45) is 0 Å². The highest BCUT2D eigenvalue weighted by molar-refractivity contribution is 7.98. The second-order valence-corrected chi connectivity index (χ2v) is 6.26. The van der Waals surface area contributed by atoms with Gasteiger partial charge in [0.2, 0.25) is 5.91 Å². The Morgan fingerprint density at radius 3 is 2.95 bits per heavy atom. The van der Waals surface area contributed by atoms with E-state index in [9.17, 15) is 4.79 Å². The zero-order chi connectivity index (χ0) is 15.9. The Balaban J connectivity index is 2.16. The van der Waals surface area contributed by atoms with Crippen LogP contribution in [0.5, 0.6) is 0 Å². The molecular weight excluding hydrogens is 318 g/mol. The Morgan fingerprint density at radius 2 is 2.27 bits per heavy atom. The Hall–Kier alpha value is -1.57. The van der Waals surface area contributed by atoms with Crippen molar-refractivity contribution < 1.29 is 9.53 Å². The van der Waals surface area contributed by atoms with Crippen LogP contribution in [0.1, 0.15) is 6.92 Å². The molecule has 1 amide bonds. The lowest BCUT2D eigenvalue weighted by molar-refractivity contribution is -0.114. The highest BCUT2D eigenvalue weighted by Crippen LogP contribution is 2.32. The van der Waals surface area contributed by atoms with Crippen LogP contribution in [0.25, 0.3) is 11.3 Å². The molecule has 2 N–H and O–H groups in total. The van der Waals surface area contributed by atoms with Crippen molar-refractivity contribution in [2.75, 3.05) is 37.2 Å². The summed E-state index contributed by atoms with van der Waals surface area (Å²) in [6, 6.07) is 5.93. The van der Waals surface area contributed by atoms with E-state index in [0.29, 0.717) is 6.61 Å². The Kier molecular flexibility index (Phi) is 6.23. The molecule has 7 heteroatoms. The third-order valence-electron chi connectivity index (χ3n) is 2.89. The van der Waals surface area contributed by atoms with Crippen LogP contribution in [0, 0.1) is 0 Å². The van der Waals surface area contributed by atoms with Crippen molar-refractivity contribution in [3.05, 3.63) is 23.6 Å². The molecule has 1 aromatic heterocycles. The zero-order valence-electron chi connectivity index (χ0n) is 12.8. The molecule has 0 fully saturated rings.